The Morgan fingerprint density at radius 2 is 1.87 bits per heavy atom. The Morgan fingerprint density at radius 3 is 2.33 bits per heavy atom. The molecule has 0 aliphatic heterocycles. The summed E-state index contributed by atoms with van der Waals surface area (Å²) < 4.78 is 0. The monoisotopic (exact) mass is 212 g/mol. The van der Waals surface area contributed by atoms with Gasteiger partial charge in [0.05, 0.1) is 0 Å². The molecule has 0 saturated heterocycles. The summed E-state index contributed by atoms with van der Waals surface area (Å²) in [4.78, 5) is 11.1. The SMILES string of the molecule is CCCNC1(CC(N)=O)CCCCCC1. The van der Waals surface area contributed by atoms with Crippen molar-refractivity contribution in [3.63, 3.8) is 0 Å². The molecule has 3 nitrogen and oxygen atoms in total. The number of carbonyl (C=O) groups is 1. The zero-order valence-electron chi connectivity index (χ0n) is 9.85. The predicted octanol–water partition coefficient (Wildman–Crippen LogP) is 1.95. The summed E-state index contributed by atoms with van der Waals surface area (Å²) in [5.41, 5.74) is 5.36. The summed E-state index contributed by atoms with van der Waals surface area (Å²) >= 11 is 0. The normalized spacial score (nSPS) is 20.9. The summed E-state index contributed by atoms with van der Waals surface area (Å²) in [5, 5.41) is 3.56. The third-order valence-corrected chi connectivity index (χ3v) is 3.32. The van der Waals surface area contributed by atoms with Gasteiger partial charge < -0.3 is 11.1 Å². The Kier molecular flexibility index (Phi) is 5.09. The quantitative estimate of drug-likeness (QED) is 0.684. The van der Waals surface area contributed by atoms with Gasteiger partial charge in [0.15, 0.2) is 0 Å². The van der Waals surface area contributed by atoms with E-state index in [-0.39, 0.29) is 11.4 Å². The van der Waals surface area contributed by atoms with Crippen LogP contribution in [0.2, 0.25) is 0 Å². The number of nitrogens with two attached hydrogens (primary N) is 1. The van der Waals surface area contributed by atoms with Crippen LogP contribution in [0.4, 0.5) is 0 Å². The van der Waals surface area contributed by atoms with E-state index >= 15 is 0 Å². The Hall–Kier alpha value is -0.570. The van der Waals surface area contributed by atoms with Crippen molar-refractivity contribution in [3.8, 4) is 0 Å². The van der Waals surface area contributed by atoms with Gasteiger partial charge in [-0.05, 0) is 25.8 Å². The topological polar surface area (TPSA) is 55.1 Å². The Labute approximate surface area is 92.8 Å². The van der Waals surface area contributed by atoms with Crippen LogP contribution in [0, 0.1) is 0 Å². The molecule has 1 aliphatic rings. The molecule has 1 fully saturated rings. The fraction of sp³-hybridized carbons (Fsp3) is 0.917. The van der Waals surface area contributed by atoms with Crippen molar-refractivity contribution in [2.75, 3.05) is 6.54 Å². The second kappa shape index (κ2) is 6.11. The second-order valence-electron chi connectivity index (χ2n) is 4.76. The van der Waals surface area contributed by atoms with E-state index in [0.717, 1.165) is 25.8 Å². The molecule has 15 heavy (non-hydrogen) atoms. The average Bonchev–Trinajstić information content (AvgIpc) is 2.40. The number of carbonyl (C=O) groups excluding carboxylic acids is 1. The molecular weight excluding hydrogens is 188 g/mol. The van der Waals surface area contributed by atoms with Gasteiger partial charge in [-0.3, -0.25) is 4.79 Å². The van der Waals surface area contributed by atoms with Gasteiger partial charge in [-0.1, -0.05) is 32.6 Å². The molecule has 0 aromatic rings. The van der Waals surface area contributed by atoms with Crippen LogP contribution in [0.1, 0.15) is 58.3 Å². The lowest BCUT2D eigenvalue weighted by Crippen LogP contribution is -2.48. The van der Waals surface area contributed by atoms with E-state index in [0.29, 0.717) is 6.42 Å². The van der Waals surface area contributed by atoms with Crippen LogP contribution in [0.25, 0.3) is 0 Å². The lowest BCUT2D eigenvalue weighted by molar-refractivity contribution is -0.119. The largest absolute Gasteiger partial charge is 0.370 e. The highest BCUT2D eigenvalue weighted by atomic mass is 16.1. The summed E-state index contributed by atoms with van der Waals surface area (Å²) in [5.74, 6) is -0.166. The highest BCUT2D eigenvalue weighted by molar-refractivity contribution is 5.75. The van der Waals surface area contributed by atoms with Gasteiger partial charge in [-0.2, -0.15) is 0 Å². The van der Waals surface area contributed by atoms with Crippen molar-refractivity contribution in [2.24, 2.45) is 5.73 Å². The fourth-order valence-corrected chi connectivity index (χ4v) is 2.55. The molecule has 88 valence electrons. The molecule has 3 N–H and O–H groups in total. The summed E-state index contributed by atoms with van der Waals surface area (Å²) in [7, 11) is 0. The van der Waals surface area contributed by atoms with E-state index < -0.39 is 0 Å². The second-order valence-corrected chi connectivity index (χ2v) is 4.76. The minimum Gasteiger partial charge on any atom is -0.370 e. The van der Waals surface area contributed by atoms with Crippen molar-refractivity contribution in [1.29, 1.82) is 0 Å². The Morgan fingerprint density at radius 1 is 1.27 bits per heavy atom. The van der Waals surface area contributed by atoms with Crippen molar-refractivity contribution < 1.29 is 4.79 Å². The van der Waals surface area contributed by atoms with Crippen LogP contribution in [0.15, 0.2) is 0 Å². The fourth-order valence-electron chi connectivity index (χ4n) is 2.55. The Balaban J connectivity index is 2.59. The molecule has 1 saturated carbocycles. The first-order valence-corrected chi connectivity index (χ1v) is 6.22. The van der Waals surface area contributed by atoms with E-state index in [1.165, 1.54) is 25.7 Å². The van der Waals surface area contributed by atoms with Crippen LogP contribution in [0.3, 0.4) is 0 Å². The molecule has 0 aromatic heterocycles. The minimum absolute atomic E-state index is 0.0122. The van der Waals surface area contributed by atoms with Crippen LogP contribution in [0.5, 0.6) is 0 Å². The highest BCUT2D eigenvalue weighted by Crippen LogP contribution is 2.29. The maximum Gasteiger partial charge on any atom is 0.219 e. The van der Waals surface area contributed by atoms with Crippen molar-refractivity contribution >= 4 is 5.91 Å². The maximum atomic E-state index is 11.1. The zero-order chi connectivity index (χ0) is 11.1. The van der Waals surface area contributed by atoms with Crippen molar-refractivity contribution in [2.45, 2.75) is 63.8 Å². The number of amides is 1. The van der Waals surface area contributed by atoms with E-state index in [1.807, 2.05) is 0 Å². The number of primary amides is 1. The number of nitrogens with one attached hydrogen (secondary N) is 1. The molecule has 0 unspecified atom stereocenters. The molecule has 0 aromatic carbocycles. The van der Waals surface area contributed by atoms with Crippen LogP contribution in [-0.2, 0) is 4.79 Å². The van der Waals surface area contributed by atoms with Crippen LogP contribution < -0.4 is 11.1 Å². The lowest BCUT2D eigenvalue weighted by atomic mass is 9.86. The van der Waals surface area contributed by atoms with Crippen molar-refractivity contribution in [3.05, 3.63) is 0 Å². The molecule has 3 heteroatoms. The first kappa shape index (κ1) is 12.5. The molecule has 0 bridgehead atoms. The molecule has 1 rings (SSSR count). The number of rotatable bonds is 5. The molecule has 0 radical (unpaired) electrons. The van der Waals surface area contributed by atoms with Gasteiger partial charge in [0.2, 0.25) is 5.91 Å². The maximum absolute atomic E-state index is 11.1. The number of hydrogen-bond donors (Lipinski definition) is 2. The van der Waals surface area contributed by atoms with Gasteiger partial charge in [-0.25, -0.2) is 0 Å². The first-order chi connectivity index (χ1) is 7.18. The smallest absolute Gasteiger partial charge is 0.219 e. The first-order valence-electron chi connectivity index (χ1n) is 6.22. The predicted molar refractivity (Wildman–Crippen MR) is 62.5 cm³/mol. The molecule has 0 spiro atoms. The Bertz CT molecular complexity index is 196. The van der Waals surface area contributed by atoms with E-state index in [9.17, 15) is 4.79 Å². The molecule has 0 heterocycles. The minimum atomic E-state index is -0.166. The molecular formula is C12H24N2O. The molecule has 0 atom stereocenters. The van der Waals surface area contributed by atoms with E-state index in [2.05, 4.69) is 12.2 Å². The van der Waals surface area contributed by atoms with Gasteiger partial charge in [0.25, 0.3) is 0 Å². The van der Waals surface area contributed by atoms with Gasteiger partial charge >= 0.3 is 0 Å². The summed E-state index contributed by atoms with van der Waals surface area (Å²) in [6.45, 7) is 3.15. The number of hydrogen-bond acceptors (Lipinski definition) is 2. The van der Waals surface area contributed by atoms with E-state index in [1.54, 1.807) is 0 Å². The van der Waals surface area contributed by atoms with Gasteiger partial charge in [-0.15, -0.1) is 0 Å². The van der Waals surface area contributed by atoms with E-state index in [4.69, 9.17) is 5.73 Å². The van der Waals surface area contributed by atoms with Gasteiger partial charge in [0, 0.05) is 12.0 Å². The zero-order valence-corrected chi connectivity index (χ0v) is 9.85. The summed E-state index contributed by atoms with van der Waals surface area (Å²) in [6.07, 6.45) is 8.88. The molecule has 1 amide bonds. The lowest BCUT2D eigenvalue weighted by Gasteiger charge is -2.33. The molecule has 1 aliphatic carbocycles. The van der Waals surface area contributed by atoms with Gasteiger partial charge in [0.1, 0.15) is 0 Å². The summed E-state index contributed by atoms with van der Waals surface area (Å²) in [6, 6.07) is 0. The standard InChI is InChI=1S/C12H24N2O/c1-2-9-14-12(10-11(13)15)7-5-3-4-6-8-12/h14H,2-10H2,1H3,(H2,13,15). The third-order valence-electron chi connectivity index (χ3n) is 3.32. The third kappa shape index (κ3) is 4.20. The van der Waals surface area contributed by atoms with Crippen molar-refractivity contribution in [1.82, 2.24) is 5.32 Å². The average molecular weight is 212 g/mol. The van der Waals surface area contributed by atoms with Crippen LogP contribution >= 0.6 is 0 Å². The highest BCUT2D eigenvalue weighted by Gasteiger charge is 2.31. The van der Waals surface area contributed by atoms with Crippen LogP contribution in [-0.4, -0.2) is 18.0 Å².